The van der Waals surface area contributed by atoms with E-state index in [2.05, 4.69) is 0 Å². The number of halogens is 2. The predicted octanol–water partition coefficient (Wildman–Crippen LogP) is 5.34. The number of hydrogen-bond acceptors (Lipinski definition) is 3. The molecule has 6 heteroatoms. The van der Waals surface area contributed by atoms with E-state index >= 15 is 0 Å². The molecular weight excluding hydrogens is 419 g/mol. The first-order valence-electron chi connectivity index (χ1n) is 9.54. The van der Waals surface area contributed by atoms with Crippen LogP contribution in [0.3, 0.4) is 0 Å². The molecule has 2 aliphatic rings. The van der Waals surface area contributed by atoms with Gasteiger partial charge in [-0.1, -0.05) is 71.7 Å². The second-order valence-electron chi connectivity index (χ2n) is 7.19. The molecule has 2 amide bonds. The summed E-state index contributed by atoms with van der Waals surface area (Å²) in [4.78, 5) is 30.3. The van der Waals surface area contributed by atoms with Crippen molar-refractivity contribution < 1.29 is 9.59 Å². The predicted molar refractivity (Wildman–Crippen MR) is 120 cm³/mol. The highest BCUT2D eigenvalue weighted by molar-refractivity contribution is 6.47. The van der Waals surface area contributed by atoms with E-state index in [1.807, 2.05) is 59.5 Å². The van der Waals surface area contributed by atoms with Gasteiger partial charge in [0, 0.05) is 22.3 Å². The van der Waals surface area contributed by atoms with Crippen molar-refractivity contribution in [1.29, 1.82) is 0 Å². The maximum Gasteiger partial charge on any atom is 0.282 e. The molecule has 2 heterocycles. The monoisotopic (exact) mass is 434 g/mol. The van der Waals surface area contributed by atoms with Crippen molar-refractivity contribution >= 4 is 52.0 Å². The van der Waals surface area contributed by atoms with E-state index in [1.54, 1.807) is 18.2 Å². The van der Waals surface area contributed by atoms with Crippen LogP contribution in [0.5, 0.6) is 0 Å². The van der Waals surface area contributed by atoms with Crippen molar-refractivity contribution in [2.75, 3.05) is 16.3 Å². The van der Waals surface area contributed by atoms with Crippen molar-refractivity contribution in [3.05, 3.63) is 99.7 Å². The molecule has 0 N–H and O–H groups in total. The molecule has 0 atom stereocenters. The Labute approximate surface area is 183 Å². The summed E-state index contributed by atoms with van der Waals surface area (Å²) in [5, 5.41) is 0.721. The summed E-state index contributed by atoms with van der Waals surface area (Å²) < 4.78 is 0. The normalized spacial score (nSPS) is 15.9. The lowest BCUT2D eigenvalue weighted by molar-refractivity contribution is -0.120. The first-order chi connectivity index (χ1) is 14.5. The van der Waals surface area contributed by atoms with Gasteiger partial charge in [0.15, 0.2) is 0 Å². The lowest BCUT2D eigenvalue weighted by Crippen LogP contribution is -2.34. The Kier molecular flexibility index (Phi) is 4.61. The fourth-order valence-corrected chi connectivity index (χ4v) is 4.62. The van der Waals surface area contributed by atoms with Crippen molar-refractivity contribution in [2.24, 2.45) is 0 Å². The number of carbonyl (C=O) groups is 2. The van der Waals surface area contributed by atoms with Crippen LogP contribution in [-0.2, 0) is 16.0 Å². The van der Waals surface area contributed by atoms with E-state index in [1.165, 1.54) is 0 Å². The lowest BCUT2D eigenvalue weighted by Gasteiger charge is -2.22. The molecule has 2 aliphatic heterocycles. The molecule has 0 fully saturated rings. The zero-order chi connectivity index (χ0) is 20.8. The van der Waals surface area contributed by atoms with Gasteiger partial charge in [-0.15, -0.1) is 0 Å². The third kappa shape index (κ3) is 3.00. The molecule has 148 valence electrons. The highest BCUT2D eigenvalue weighted by atomic mass is 35.5. The first-order valence-corrected chi connectivity index (χ1v) is 10.3. The zero-order valence-electron chi connectivity index (χ0n) is 15.8. The number of benzene rings is 3. The van der Waals surface area contributed by atoms with Crippen molar-refractivity contribution in [2.45, 2.75) is 6.42 Å². The summed E-state index contributed by atoms with van der Waals surface area (Å²) >= 11 is 12.3. The summed E-state index contributed by atoms with van der Waals surface area (Å²) in [5.74, 6) is -0.766. The fraction of sp³-hybridized carbons (Fsp3) is 0.0833. The van der Waals surface area contributed by atoms with E-state index in [9.17, 15) is 9.59 Å². The molecule has 0 bridgehead atoms. The van der Waals surface area contributed by atoms with Gasteiger partial charge in [-0.05, 0) is 41.8 Å². The molecule has 0 unspecified atom stereocenters. The highest BCUT2D eigenvalue weighted by Crippen LogP contribution is 2.40. The molecule has 4 nitrogen and oxygen atoms in total. The maximum atomic E-state index is 13.6. The smallest absolute Gasteiger partial charge is 0.282 e. The molecule has 5 rings (SSSR count). The second kappa shape index (κ2) is 7.31. The molecule has 0 saturated heterocycles. The number of para-hydroxylation sites is 1. The largest absolute Gasteiger partial charge is 0.336 e. The van der Waals surface area contributed by atoms with Crippen LogP contribution in [0.1, 0.15) is 11.1 Å². The Bertz CT molecular complexity index is 1200. The van der Waals surface area contributed by atoms with Crippen molar-refractivity contribution in [1.82, 2.24) is 0 Å². The van der Waals surface area contributed by atoms with Crippen LogP contribution in [0.15, 0.2) is 78.5 Å². The Hall–Kier alpha value is -3.08. The Balaban J connectivity index is 1.69. The molecule has 30 heavy (non-hydrogen) atoms. The summed E-state index contributed by atoms with van der Waals surface area (Å²) in [7, 11) is 0. The van der Waals surface area contributed by atoms with Gasteiger partial charge in [0.25, 0.3) is 11.8 Å². The molecule has 0 aliphatic carbocycles. The number of amides is 2. The Morgan fingerprint density at radius 2 is 1.43 bits per heavy atom. The lowest BCUT2D eigenvalue weighted by atomic mass is 10.0. The van der Waals surface area contributed by atoms with Gasteiger partial charge < -0.3 is 4.90 Å². The number of fused-ring (bicyclic) bond motifs is 1. The summed E-state index contributed by atoms with van der Waals surface area (Å²) in [6, 6.07) is 22.0. The molecular formula is C24H16Cl2N2O2. The molecule has 3 aromatic rings. The number of carbonyl (C=O) groups excluding carboxylic acids is 2. The van der Waals surface area contributed by atoms with Crippen LogP contribution in [0, 0.1) is 0 Å². The number of anilines is 2. The molecule has 0 radical (unpaired) electrons. The van der Waals surface area contributed by atoms with Gasteiger partial charge in [0.05, 0.1) is 11.3 Å². The SMILES string of the molecule is O=C1C(c2ccccc2)=C(N2CCc3ccccc32)C(=O)N1c1cc(Cl)cc(Cl)c1. The van der Waals surface area contributed by atoms with Crippen LogP contribution < -0.4 is 9.80 Å². The maximum absolute atomic E-state index is 13.6. The van der Waals surface area contributed by atoms with Gasteiger partial charge in [-0.25, -0.2) is 4.90 Å². The molecule has 0 spiro atoms. The number of hydrogen-bond donors (Lipinski definition) is 0. The third-order valence-corrected chi connectivity index (χ3v) is 5.82. The zero-order valence-corrected chi connectivity index (χ0v) is 17.3. The van der Waals surface area contributed by atoms with Gasteiger partial charge in [0.2, 0.25) is 0 Å². The molecule has 3 aromatic carbocycles. The number of rotatable bonds is 3. The van der Waals surface area contributed by atoms with Crippen LogP contribution in [0.2, 0.25) is 10.0 Å². The average Bonchev–Trinajstić information content (AvgIpc) is 3.26. The Morgan fingerprint density at radius 1 is 0.767 bits per heavy atom. The topological polar surface area (TPSA) is 40.6 Å². The second-order valence-corrected chi connectivity index (χ2v) is 8.07. The fourth-order valence-electron chi connectivity index (χ4n) is 4.11. The standard InChI is InChI=1S/C24H16Cl2N2O2/c25-17-12-18(26)14-19(13-17)28-23(29)21(16-7-2-1-3-8-16)22(24(28)30)27-11-10-15-6-4-5-9-20(15)27/h1-9,12-14H,10-11H2. The van der Waals surface area contributed by atoms with Crippen LogP contribution in [0.25, 0.3) is 5.57 Å². The quantitative estimate of drug-likeness (QED) is 0.522. The molecule has 0 aromatic heterocycles. The average molecular weight is 435 g/mol. The van der Waals surface area contributed by atoms with Gasteiger partial charge in [-0.2, -0.15) is 0 Å². The van der Waals surface area contributed by atoms with E-state index in [-0.39, 0.29) is 11.8 Å². The van der Waals surface area contributed by atoms with Crippen LogP contribution in [0.4, 0.5) is 11.4 Å². The summed E-state index contributed by atoms with van der Waals surface area (Å²) in [5.41, 5.74) is 3.93. The summed E-state index contributed by atoms with van der Waals surface area (Å²) in [6.45, 7) is 0.633. The third-order valence-electron chi connectivity index (χ3n) is 5.38. The van der Waals surface area contributed by atoms with Gasteiger partial charge in [-0.3, -0.25) is 9.59 Å². The van der Waals surface area contributed by atoms with E-state index in [0.717, 1.165) is 22.6 Å². The Morgan fingerprint density at radius 3 is 2.17 bits per heavy atom. The van der Waals surface area contributed by atoms with Crippen LogP contribution >= 0.6 is 23.2 Å². The van der Waals surface area contributed by atoms with Crippen LogP contribution in [-0.4, -0.2) is 18.4 Å². The minimum absolute atomic E-state index is 0.360. The first kappa shape index (κ1) is 18.9. The number of nitrogens with zero attached hydrogens (tertiary/aromatic N) is 2. The van der Waals surface area contributed by atoms with E-state index in [4.69, 9.17) is 23.2 Å². The van der Waals surface area contributed by atoms with Gasteiger partial charge >= 0.3 is 0 Å². The van der Waals surface area contributed by atoms with E-state index in [0.29, 0.717) is 39.1 Å². The molecule has 0 saturated carbocycles. The van der Waals surface area contributed by atoms with Crippen molar-refractivity contribution in [3.8, 4) is 0 Å². The minimum atomic E-state index is -0.385. The number of imide groups is 1. The van der Waals surface area contributed by atoms with Gasteiger partial charge in [0.1, 0.15) is 5.70 Å². The van der Waals surface area contributed by atoms with Crippen molar-refractivity contribution in [3.63, 3.8) is 0 Å². The summed E-state index contributed by atoms with van der Waals surface area (Å²) in [6.07, 6.45) is 0.812. The minimum Gasteiger partial charge on any atom is -0.336 e. The highest BCUT2D eigenvalue weighted by Gasteiger charge is 2.44. The van der Waals surface area contributed by atoms with E-state index < -0.39 is 0 Å².